The second kappa shape index (κ2) is 9.69. The number of aliphatic hydroxyl groups is 1. The first-order valence-corrected chi connectivity index (χ1v) is 5.43. The van der Waals surface area contributed by atoms with Crippen molar-refractivity contribution in [2.45, 2.75) is 12.5 Å². The summed E-state index contributed by atoms with van der Waals surface area (Å²) in [5.74, 6) is -4.04. The van der Waals surface area contributed by atoms with Gasteiger partial charge in [-0.2, -0.15) is 0 Å². The van der Waals surface area contributed by atoms with Crippen LogP contribution in [0.15, 0.2) is 0 Å². The Kier molecular flexibility index (Phi) is 8.63. The van der Waals surface area contributed by atoms with Crippen molar-refractivity contribution in [1.29, 1.82) is 0 Å². The number of esters is 3. The summed E-state index contributed by atoms with van der Waals surface area (Å²) in [6, 6.07) is -1.24. The highest BCUT2D eigenvalue weighted by Crippen LogP contribution is 1.91. The van der Waals surface area contributed by atoms with Crippen molar-refractivity contribution in [1.82, 2.24) is 0 Å². The molecule has 0 spiro atoms. The molecule has 1 atom stereocenters. The number of carboxylic acids is 1. The Bertz CT molecular complexity index is 368. The number of carbonyl (C=O) groups excluding carboxylic acids is 3. The molecule has 0 amide bonds. The molecule has 0 radical (unpaired) electrons. The Morgan fingerprint density at radius 1 is 1.00 bits per heavy atom. The molecule has 0 saturated carbocycles. The molecule has 0 bridgehead atoms. The van der Waals surface area contributed by atoms with Crippen LogP contribution in [0, 0.1) is 0 Å². The molecule has 0 aliphatic carbocycles. The van der Waals surface area contributed by atoms with Crippen molar-refractivity contribution in [3.63, 3.8) is 0 Å². The van der Waals surface area contributed by atoms with Crippen molar-refractivity contribution >= 4 is 23.9 Å². The molecule has 10 nitrogen and oxygen atoms in total. The van der Waals surface area contributed by atoms with E-state index < -0.39 is 49.7 Å². The van der Waals surface area contributed by atoms with E-state index in [2.05, 4.69) is 14.2 Å². The van der Waals surface area contributed by atoms with Crippen LogP contribution < -0.4 is 5.73 Å². The van der Waals surface area contributed by atoms with Crippen LogP contribution in [-0.2, 0) is 33.4 Å². The first kappa shape index (κ1) is 17.8. The van der Waals surface area contributed by atoms with E-state index in [9.17, 15) is 19.2 Å². The molecule has 4 N–H and O–H groups in total. The van der Waals surface area contributed by atoms with Gasteiger partial charge in [0.2, 0.25) is 0 Å². The SMILES string of the molecule is NC(CO)C(=O)OCC(=O)OCCC(=O)OCC(=O)O. The Hall–Kier alpha value is -2.20. The summed E-state index contributed by atoms with van der Waals surface area (Å²) in [5.41, 5.74) is 5.11. The molecule has 10 heteroatoms. The lowest BCUT2D eigenvalue weighted by Gasteiger charge is -2.08. The minimum absolute atomic E-state index is 0.330. The van der Waals surface area contributed by atoms with E-state index in [0.717, 1.165) is 0 Å². The van der Waals surface area contributed by atoms with Gasteiger partial charge in [0.05, 0.1) is 13.0 Å². The van der Waals surface area contributed by atoms with Crippen LogP contribution in [0.5, 0.6) is 0 Å². The fourth-order valence-electron chi connectivity index (χ4n) is 0.816. The number of aliphatic hydroxyl groups excluding tert-OH is 1. The second-order valence-electron chi connectivity index (χ2n) is 3.42. The van der Waals surface area contributed by atoms with Gasteiger partial charge in [-0.15, -0.1) is 0 Å². The fourth-order valence-corrected chi connectivity index (χ4v) is 0.816. The van der Waals surface area contributed by atoms with Crippen molar-refractivity contribution < 1.29 is 43.6 Å². The van der Waals surface area contributed by atoms with Crippen molar-refractivity contribution in [2.75, 3.05) is 26.4 Å². The molecule has 0 aromatic heterocycles. The quantitative estimate of drug-likeness (QED) is 0.303. The monoisotopic (exact) mass is 293 g/mol. The lowest BCUT2D eigenvalue weighted by molar-refractivity contribution is -0.162. The number of hydrogen-bond acceptors (Lipinski definition) is 9. The van der Waals surface area contributed by atoms with E-state index in [1.54, 1.807) is 0 Å². The van der Waals surface area contributed by atoms with Gasteiger partial charge in [0.15, 0.2) is 13.2 Å². The van der Waals surface area contributed by atoms with E-state index >= 15 is 0 Å². The van der Waals surface area contributed by atoms with E-state index in [0.29, 0.717) is 0 Å². The highest BCUT2D eigenvalue weighted by atomic mass is 16.6. The van der Waals surface area contributed by atoms with Gasteiger partial charge in [-0.1, -0.05) is 0 Å². The van der Waals surface area contributed by atoms with Crippen molar-refractivity contribution in [3.05, 3.63) is 0 Å². The average Bonchev–Trinajstić information content (AvgIpc) is 2.41. The van der Waals surface area contributed by atoms with Crippen LogP contribution in [0.2, 0.25) is 0 Å². The number of nitrogens with two attached hydrogens (primary N) is 1. The first-order valence-electron chi connectivity index (χ1n) is 5.43. The molecule has 114 valence electrons. The molecule has 0 aliphatic rings. The number of aliphatic carboxylic acids is 1. The number of carbonyl (C=O) groups is 4. The predicted octanol–water partition coefficient (Wildman–Crippen LogP) is -2.59. The lowest BCUT2D eigenvalue weighted by Crippen LogP contribution is -2.36. The van der Waals surface area contributed by atoms with E-state index in [1.807, 2.05) is 0 Å². The zero-order chi connectivity index (χ0) is 15.5. The van der Waals surface area contributed by atoms with Crippen LogP contribution in [0.1, 0.15) is 6.42 Å². The number of rotatable bonds is 9. The van der Waals surface area contributed by atoms with Gasteiger partial charge >= 0.3 is 23.9 Å². The smallest absolute Gasteiger partial charge is 0.344 e. The number of carboxylic acid groups (broad SMARTS) is 1. The molecule has 0 fully saturated rings. The summed E-state index contributed by atoms with van der Waals surface area (Å²) < 4.78 is 13.2. The maximum atomic E-state index is 11.1. The molecule has 20 heavy (non-hydrogen) atoms. The van der Waals surface area contributed by atoms with Gasteiger partial charge in [0.1, 0.15) is 12.6 Å². The molecule has 1 unspecified atom stereocenters. The Morgan fingerprint density at radius 2 is 1.65 bits per heavy atom. The van der Waals surface area contributed by atoms with Crippen LogP contribution in [0.3, 0.4) is 0 Å². The number of ether oxygens (including phenoxy) is 3. The van der Waals surface area contributed by atoms with Gasteiger partial charge < -0.3 is 30.2 Å². The molecule has 0 aromatic rings. The molecule has 0 aliphatic heterocycles. The van der Waals surface area contributed by atoms with Gasteiger partial charge in [-0.3, -0.25) is 9.59 Å². The molecular weight excluding hydrogens is 278 g/mol. The summed E-state index contributed by atoms with van der Waals surface area (Å²) in [6.07, 6.45) is -0.330. The van der Waals surface area contributed by atoms with Crippen molar-refractivity contribution in [2.24, 2.45) is 5.73 Å². The largest absolute Gasteiger partial charge is 0.479 e. The molecule has 0 heterocycles. The van der Waals surface area contributed by atoms with Gasteiger partial charge in [-0.25, -0.2) is 9.59 Å². The first-order chi connectivity index (χ1) is 9.36. The van der Waals surface area contributed by atoms with Crippen molar-refractivity contribution in [3.8, 4) is 0 Å². The highest BCUT2D eigenvalue weighted by Gasteiger charge is 2.16. The Balaban J connectivity index is 3.71. The highest BCUT2D eigenvalue weighted by molar-refractivity contribution is 5.80. The zero-order valence-corrected chi connectivity index (χ0v) is 10.4. The topological polar surface area (TPSA) is 162 Å². The minimum atomic E-state index is -1.30. The van der Waals surface area contributed by atoms with Crippen LogP contribution in [0.4, 0.5) is 0 Å². The molecule has 0 rings (SSSR count). The summed E-state index contributed by atoms with van der Waals surface area (Å²) in [7, 11) is 0. The van der Waals surface area contributed by atoms with E-state index in [4.69, 9.17) is 15.9 Å². The van der Waals surface area contributed by atoms with E-state index in [-0.39, 0.29) is 13.0 Å². The summed E-state index contributed by atoms with van der Waals surface area (Å²) in [5, 5.41) is 16.8. The fraction of sp³-hybridized carbons (Fsp3) is 0.600. The zero-order valence-electron chi connectivity index (χ0n) is 10.4. The standard InChI is InChI=1S/C10H15NO9/c11-6(3-12)10(17)20-5-9(16)18-2-1-8(15)19-4-7(13)14/h6,12H,1-5,11H2,(H,13,14). The second-order valence-corrected chi connectivity index (χ2v) is 3.42. The summed E-state index contributed by atoms with van der Waals surface area (Å²) in [6.45, 7) is -2.45. The molecular formula is C10H15NO9. The third kappa shape index (κ3) is 8.83. The Morgan fingerprint density at radius 3 is 2.20 bits per heavy atom. The Labute approximate surface area is 113 Å². The minimum Gasteiger partial charge on any atom is -0.479 e. The third-order valence-electron chi connectivity index (χ3n) is 1.76. The lowest BCUT2D eigenvalue weighted by atomic mass is 10.3. The number of hydrogen-bond donors (Lipinski definition) is 3. The average molecular weight is 293 g/mol. The van der Waals surface area contributed by atoms with Crippen LogP contribution in [-0.4, -0.2) is 66.6 Å². The molecule has 0 saturated heterocycles. The van der Waals surface area contributed by atoms with Gasteiger partial charge in [0.25, 0.3) is 0 Å². The van der Waals surface area contributed by atoms with Gasteiger partial charge in [-0.05, 0) is 0 Å². The molecule has 0 aromatic carbocycles. The van der Waals surface area contributed by atoms with Crippen LogP contribution in [0.25, 0.3) is 0 Å². The summed E-state index contributed by atoms with van der Waals surface area (Å²) in [4.78, 5) is 43.0. The summed E-state index contributed by atoms with van der Waals surface area (Å²) >= 11 is 0. The predicted molar refractivity (Wildman–Crippen MR) is 60.2 cm³/mol. The van der Waals surface area contributed by atoms with Crippen LogP contribution >= 0.6 is 0 Å². The maximum Gasteiger partial charge on any atom is 0.344 e. The van der Waals surface area contributed by atoms with Gasteiger partial charge in [0, 0.05) is 0 Å². The third-order valence-corrected chi connectivity index (χ3v) is 1.76. The van der Waals surface area contributed by atoms with E-state index in [1.165, 1.54) is 0 Å². The normalized spacial score (nSPS) is 11.3. The maximum absolute atomic E-state index is 11.1.